The molecule has 1 amide bonds. The Bertz CT molecular complexity index is 788. The third-order valence-electron chi connectivity index (χ3n) is 3.13. The topological polar surface area (TPSA) is 94.8 Å². The van der Waals surface area contributed by atoms with Crippen molar-refractivity contribution in [2.45, 2.75) is 13.3 Å². The highest BCUT2D eigenvalue weighted by molar-refractivity contribution is 5.91. The number of nitrogens with one attached hydrogen (secondary N) is 3. The van der Waals surface area contributed by atoms with E-state index in [4.69, 9.17) is 0 Å². The van der Waals surface area contributed by atoms with Crippen LogP contribution in [0.2, 0.25) is 0 Å². The van der Waals surface area contributed by atoms with Crippen LogP contribution in [0.1, 0.15) is 16.8 Å². The van der Waals surface area contributed by atoms with Gasteiger partial charge in [-0.25, -0.2) is 4.79 Å². The van der Waals surface area contributed by atoms with Crippen molar-refractivity contribution in [3.05, 3.63) is 74.1 Å². The number of hydrogen-bond acceptors (Lipinski definition) is 3. The Morgan fingerprint density at radius 3 is 2.59 bits per heavy atom. The number of rotatable bonds is 5. The van der Waals surface area contributed by atoms with E-state index in [1.165, 1.54) is 12.2 Å². The molecule has 0 aliphatic heterocycles. The minimum atomic E-state index is -0.563. The number of aromatic amines is 2. The maximum atomic E-state index is 11.7. The van der Waals surface area contributed by atoms with Gasteiger partial charge in [-0.1, -0.05) is 30.3 Å². The van der Waals surface area contributed by atoms with Gasteiger partial charge in [0.15, 0.2) is 0 Å². The minimum Gasteiger partial charge on any atom is -0.352 e. The Labute approximate surface area is 126 Å². The van der Waals surface area contributed by atoms with Crippen LogP contribution in [0.5, 0.6) is 0 Å². The van der Waals surface area contributed by atoms with E-state index in [2.05, 4.69) is 15.3 Å². The lowest BCUT2D eigenvalue weighted by atomic mass is 10.1. The quantitative estimate of drug-likeness (QED) is 0.711. The van der Waals surface area contributed by atoms with E-state index in [-0.39, 0.29) is 11.5 Å². The summed E-state index contributed by atoms with van der Waals surface area (Å²) in [7, 11) is 0. The van der Waals surface area contributed by atoms with Crippen molar-refractivity contribution in [2.75, 3.05) is 6.54 Å². The van der Waals surface area contributed by atoms with Crippen LogP contribution in [-0.2, 0) is 11.2 Å². The first-order chi connectivity index (χ1) is 10.6. The summed E-state index contributed by atoms with van der Waals surface area (Å²) in [5.74, 6) is -0.291. The van der Waals surface area contributed by atoms with Crippen LogP contribution in [0.25, 0.3) is 6.08 Å². The Morgan fingerprint density at radius 1 is 1.18 bits per heavy atom. The second kappa shape index (κ2) is 7.21. The number of amides is 1. The monoisotopic (exact) mass is 299 g/mol. The molecular weight excluding hydrogens is 282 g/mol. The summed E-state index contributed by atoms with van der Waals surface area (Å²) in [6.07, 6.45) is 3.40. The van der Waals surface area contributed by atoms with Gasteiger partial charge in [-0.05, 0) is 25.0 Å². The van der Waals surface area contributed by atoms with Gasteiger partial charge in [0.1, 0.15) is 0 Å². The second-order valence-electron chi connectivity index (χ2n) is 4.81. The van der Waals surface area contributed by atoms with Crippen LogP contribution in [0.3, 0.4) is 0 Å². The maximum Gasteiger partial charge on any atom is 0.325 e. The fourth-order valence-electron chi connectivity index (χ4n) is 2.00. The normalized spacial score (nSPS) is 10.8. The zero-order valence-corrected chi connectivity index (χ0v) is 12.2. The van der Waals surface area contributed by atoms with Crippen LogP contribution in [-0.4, -0.2) is 22.4 Å². The molecule has 1 heterocycles. The molecule has 3 N–H and O–H groups in total. The molecule has 0 unspecified atom stereocenters. The third kappa shape index (κ3) is 4.31. The molecule has 0 aliphatic carbocycles. The lowest BCUT2D eigenvalue weighted by Crippen LogP contribution is -2.26. The first kappa shape index (κ1) is 15.5. The number of benzene rings is 1. The highest BCUT2D eigenvalue weighted by Gasteiger charge is 2.03. The SMILES string of the molecule is Cc1[nH]c(=O)[nH]c(=O)c1/C=C/C(=O)NCCc1ccccc1. The van der Waals surface area contributed by atoms with E-state index < -0.39 is 11.2 Å². The molecule has 1 aromatic heterocycles. The van der Waals surface area contributed by atoms with Crippen LogP contribution >= 0.6 is 0 Å². The zero-order chi connectivity index (χ0) is 15.9. The summed E-state index contributed by atoms with van der Waals surface area (Å²) in [5, 5.41) is 2.74. The highest BCUT2D eigenvalue weighted by Crippen LogP contribution is 1.99. The van der Waals surface area contributed by atoms with E-state index in [0.717, 1.165) is 12.0 Å². The Morgan fingerprint density at radius 2 is 1.91 bits per heavy atom. The molecule has 0 fully saturated rings. The van der Waals surface area contributed by atoms with Crippen LogP contribution in [0.15, 0.2) is 46.0 Å². The molecule has 0 saturated carbocycles. The van der Waals surface area contributed by atoms with Crippen molar-refractivity contribution >= 4 is 12.0 Å². The van der Waals surface area contributed by atoms with Gasteiger partial charge in [0.05, 0.1) is 5.56 Å². The molecule has 1 aromatic carbocycles. The van der Waals surface area contributed by atoms with Crippen LogP contribution in [0, 0.1) is 6.92 Å². The summed E-state index contributed by atoms with van der Waals surface area (Å²) >= 11 is 0. The summed E-state index contributed by atoms with van der Waals surface area (Å²) in [5.41, 5.74) is 0.737. The molecule has 0 saturated heterocycles. The van der Waals surface area contributed by atoms with E-state index in [9.17, 15) is 14.4 Å². The van der Waals surface area contributed by atoms with Gasteiger partial charge in [-0.2, -0.15) is 0 Å². The number of carbonyl (C=O) groups excluding carboxylic acids is 1. The van der Waals surface area contributed by atoms with E-state index in [0.29, 0.717) is 12.2 Å². The van der Waals surface area contributed by atoms with E-state index in [1.54, 1.807) is 6.92 Å². The number of H-pyrrole nitrogens is 2. The minimum absolute atomic E-state index is 0.262. The fourth-order valence-corrected chi connectivity index (χ4v) is 2.00. The van der Waals surface area contributed by atoms with Gasteiger partial charge in [0.25, 0.3) is 5.56 Å². The van der Waals surface area contributed by atoms with Crippen molar-refractivity contribution in [1.29, 1.82) is 0 Å². The Kier molecular flexibility index (Phi) is 5.08. The molecule has 2 aromatic rings. The highest BCUT2D eigenvalue weighted by atomic mass is 16.2. The van der Waals surface area contributed by atoms with Crippen molar-refractivity contribution in [1.82, 2.24) is 15.3 Å². The van der Waals surface area contributed by atoms with Crippen LogP contribution < -0.4 is 16.6 Å². The van der Waals surface area contributed by atoms with Gasteiger partial charge < -0.3 is 10.3 Å². The molecule has 0 spiro atoms. The number of aryl methyl sites for hydroxylation is 1. The van der Waals surface area contributed by atoms with Gasteiger partial charge in [0.2, 0.25) is 5.91 Å². The van der Waals surface area contributed by atoms with E-state index >= 15 is 0 Å². The van der Waals surface area contributed by atoms with Crippen molar-refractivity contribution < 1.29 is 4.79 Å². The van der Waals surface area contributed by atoms with Crippen LogP contribution in [0.4, 0.5) is 0 Å². The summed E-state index contributed by atoms with van der Waals surface area (Å²) in [4.78, 5) is 39.0. The fraction of sp³-hybridized carbons (Fsp3) is 0.188. The van der Waals surface area contributed by atoms with Gasteiger partial charge in [0, 0.05) is 18.3 Å². The van der Waals surface area contributed by atoms with Crippen molar-refractivity contribution in [3.8, 4) is 0 Å². The lowest BCUT2D eigenvalue weighted by molar-refractivity contribution is -0.116. The predicted octanol–water partition coefficient (Wildman–Crippen LogP) is 0.744. The number of carbonyl (C=O) groups is 1. The van der Waals surface area contributed by atoms with Gasteiger partial charge in [-0.3, -0.25) is 14.6 Å². The van der Waals surface area contributed by atoms with Crippen molar-refractivity contribution in [2.24, 2.45) is 0 Å². The zero-order valence-electron chi connectivity index (χ0n) is 12.2. The molecule has 0 atom stereocenters. The summed E-state index contributed by atoms with van der Waals surface area (Å²) in [6.45, 7) is 2.11. The van der Waals surface area contributed by atoms with Crippen molar-refractivity contribution in [3.63, 3.8) is 0 Å². The largest absolute Gasteiger partial charge is 0.352 e. The Balaban J connectivity index is 1.92. The molecule has 22 heavy (non-hydrogen) atoms. The van der Waals surface area contributed by atoms with E-state index in [1.807, 2.05) is 30.3 Å². The second-order valence-corrected chi connectivity index (χ2v) is 4.81. The molecule has 2 rings (SSSR count). The number of aromatic nitrogens is 2. The van der Waals surface area contributed by atoms with Gasteiger partial charge in [-0.15, -0.1) is 0 Å². The average molecular weight is 299 g/mol. The molecule has 0 aliphatic rings. The standard InChI is InChI=1S/C16H17N3O3/c1-11-13(15(21)19-16(22)18-11)7-8-14(20)17-10-9-12-5-3-2-4-6-12/h2-8H,9-10H2,1H3,(H,17,20)(H2,18,19,21,22)/b8-7+. The molecule has 0 radical (unpaired) electrons. The Hall–Kier alpha value is -2.89. The summed E-state index contributed by atoms with van der Waals surface area (Å²) in [6, 6.07) is 9.82. The molecular formula is C16H17N3O3. The first-order valence-electron chi connectivity index (χ1n) is 6.89. The first-order valence-corrected chi connectivity index (χ1v) is 6.89. The molecule has 0 bridgehead atoms. The third-order valence-corrected chi connectivity index (χ3v) is 3.13. The average Bonchev–Trinajstić information content (AvgIpc) is 2.47. The molecule has 6 heteroatoms. The lowest BCUT2D eigenvalue weighted by Gasteiger charge is -2.02. The number of hydrogen-bond donors (Lipinski definition) is 3. The molecule has 6 nitrogen and oxygen atoms in total. The van der Waals surface area contributed by atoms with Gasteiger partial charge >= 0.3 is 5.69 Å². The maximum absolute atomic E-state index is 11.7. The summed E-state index contributed by atoms with van der Waals surface area (Å²) < 4.78 is 0. The smallest absolute Gasteiger partial charge is 0.325 e. The predicted molar refractivity (Wildman–Crippen MR) is 84.6 cm³/mol. The molecule has 114 valence electrons.